The Morgan fingerprint density at radius 1 is 1.09 bits per heavy atom. The number of halogens is 1. The molecule has 1 unspecified atom stereocenters. The Morgan fingerprint density at radius 3 is 2.44 bits per heavy atom. The molecule has 1 aliphatic heterocycles. The largest absolute Gasteiger partial charge is 0.357 e. The number of nitrogens with one attached hydrogen (secondary N) is 2. The molecule has 32 heavy (non-hydrogen) atoms. The first-order valence-corrected chi connectivity index (χ1v) is 11.4. The van der Waals surface area contributed by atoms with E-state index in [2.05, 4.69) is 74.7 Å². The minimum absolute atomic E-state index is 0. The fourth-order valence-corrected chi connectivity index (χ4v) is 4.32. The van der Waals surface area contributed by atoms with E-state index in [1.165, 1.54) is 27.8 Å². The van der Waals surface area contributed by atoms with Crippen molar-refractivity contribution in [2.24, 2.45) is 10.9 Å². The molecule has 0 aromatic heterocycles. The molecule has 0 saturated carbocycles. The zero-order chi connectivity index (χ0) is 22.2. The number of guanidine groups is 1. The topological polar surface area (TPSA) is 56.7 Å². The molecule has 5 nitrogen and oxygen atoms in total. The van der Waals surface area contributed by atoms with E-state index >= 15 is 0 Å². The van der Waals surface area contributed by atoms with Gasteiger partial charge in [0.15, 0.2) is 5.96 Å². The summed E-state index contributed by atoms with van der Waals surface area (Å²) in [5, 5.41) is 6.79. The van der Waals surface area contributed by atoms with Crippen molar-refractivity contribution < 1.29 is 4.79 Å². The zero-order valence-corrected chi connectivity index (χ0v) is 22.1. The van der Waals surface area contributed by atoms with Crippen molar-refractivity contribution in [1.29, 1.82) is 0 Å². The molecular weight excluding hydrogens is 511 g/mol. The number of likely N-dealkylation sites (tertiary alicyclic amines) is 1. The summed E-state index contributed by atoms with van der Waals surface area (Å²) in [5.74, 6) is 1.39. The van der Waals surface area contributed by atoms with Gasteiger partial charge < -0.3 is 15.5 Å². The summed E-state index contributed by atoms with van der Waals surface area (Å²) in [7, 11) is 0. The Hall–Kier alpha value is -2.09. The summed E-state index contributed by atoms with van der Waals surface area (Å²) in [6.45, 7) is 12.3. The van der Waals surface area contributed by atoms with E-state index in [1.54, 1.807) is 0 Å². The van der Waals surface area contributed by atoms with E-state index in [0.29, 0.717) is 18.9 Å². The number of carbonyl (C=O) groups excluding carboxylic acids is 1. The van der Waals surface area contributed by atoms with Gasteiger partial charge in [-0.15, -0.1) is 24.0 Å². The SMILES string of the molecule is CCNC(=NCc1c(C)cc(C)cc1C)NCC1CC(=O)N(CCc2ccccc2)C1.I. The lowest BCUT2D eigenvalue weighted by molar-refractivity contribution is -0.127. The van der Waals surface area contributed by atoms with Gasteiger partial charge in [0.25, 0.3) is 0 Å². The summed E-state index contributed by atoms with van der Waals surface area (Å²) in [5.41, 5.74) is 6.42. The van der Waals surface area contributed by atoms with E-state index in [9.17, 15) is 4.79 Å². The van der Waals surface area contributed by atoms with Crippen molar-refractivity contribution in [3.05, 3.63) is 70.3 Å². The molecule has 1 fully saturated rings. The predicted molar refractivity (Wildman–Crippen MR) is 144 cm³/mol. The van der Waals surface area contributed by atoms with Gasteiger partial charge in [-0.25, -0.2) is 4.99 Å². The Bertz CT molecular complexity index is 890. The van der Waals surface area contributed by atoms with Crippen LogP contribution < -0.4 is 10.6 Å². The fourth-order valence-electron chi connectivity index (χ4n) is 4.32. The smallest absolute Gasteiger partial charge is 0.223 e. The lowest BCUT2D eigenvalue weighted by atomic mass is 10.00. The number of rotatable bonds is 8. The van der Waals surface area contributed by atoms with Gasteiger partial charge in [0.05, 0.1) is 6.54 Å². The van der Waals surface area contributed by atoms with Crippen LogP contribution in [0, 0.1) is 26.7 Å². The quantitative estimate of drug-likeness (QED) is 0.293. The van der Waals surface area contributed by atoms with Crippen LogP contribution >= 0.6 is 24.0 Å². The van der Waals surface area contributed by atoms with Crippen LogP contribution in [0.15, 0.2) is 47.5 Å². The zero-order valence-electron chi connectivity index (χ0n) is 19.8. The highest BCUT2D eigenvalue weighted by molar-refractivity contribution is 14.0. The van der Waals surface area contributed by atoms with Crippen LogP contribution in [0.2, 0.25) is 0 Å². The fraction of sp³-hybridized carbons (Fsp3) is 0.462. The van der Waals surface area contributed by atoms with Crippen LogP contribution in [0.5, 0.6) is 0 Å². The third-order valence-electron chi connectivity index (χ3n) is 5.95. The van der Waals surface area contributed by atoms with Gasteiger partial charge in [0, 0.05) is 38.5 Å². The molecule has 0 aliphatic carbocycles. The summed E-state index contributed by atoms with van der Waals surface area (Å²) in [6.07, 6.45) is 1.52. The molecule has 174 valence electrons. The number of nitrogens with zero attached hydrogens (tertiary/aromatic N) is 2. The number of aliphatic imine (C=N–C) groups is 1. The molecule has 0 spiro atoms. The first-order valence-electron chi connectivity index (χ1n) is 11.4. The van der Waals surface area contributed by atoms with E-state index in [4.69, 9.17) is 4.99 Å². The summed E-state index contributed by atoms with van der Waals surface area (Å²) in [4.78, 5) is 19.3. The van der Waals surface area contributed by atoms with Gasteiger partial charge in [0.1, 0.15) is 0 Å². The average molecular weight is 549 g/mol. The molecule has 0 bridgehead atoms. The molecule has 2 aromatic carbocycles. The lowest BCUT2D eigenvalue weighted by Gasteiger charge is -2.18. The maximum absolute atomic E-state index is 12.4. The summed E-state index contributed by atoms with van der Waals surface area (Å²) >= 11 is 0. The molecular formula is C26H37IN4O. The second-order valence-corrected chi connectivity index (χ2v) is 8.60. The monoisotopic (exact) mass is 548 g/mol. The second-order valence-electron chi connectivity index (χ2n) is 8.60. The molecule has 1 saturated heterocycles. The van der Waals surface area contributed by atoms with Crippen LogP contribution in [0.25, 0.3) is 0 Å². The third-order valence-corrected chi connectivity index (χ3v) is 5.95. The molecule has 6 heteroatoms. The van der Waals surface area contributed by atoms with Gasteiger partial charge in [-0.1, -0.05) is 48.0 Å². The maximum Gasteiger partial charge on any atom is 0.223 e. The Balaban J connectivity index is 0.00000363. The lowest BCUT2D eigenvalue weighted by Crippen LogP contribution is -2.40. The van der Waals surface area contributed by atoms with Crippen molar-refractivity contribution in [3.63, 3.8) is 0 Å². The van der Waals surface area contributed by atoms with E-state index in [-0.39, 0.29) is 29.9 Å². The van der Waals surface area contributed by atoms with Gasteiger partial charge in [-0.05, 0) is 56.4 Å². The summed E-state index contributed by atoms with van der Waals surface area (Å²) < 4.78 is 0. The van der Waals surface area contributed by atoms with Crippen molar-refractivity contribution in [1.82, 2.24) is 15.5 Å². The average Bonchev–Trinajstić information content (AvgIpc) is 3.10. The number of aryl methyl sites for hydroxylation is 3. The van der Waals surface area contributed by atoms with Gasteiger partial charge in [-0.3, -0.25) is 4.79 Å². The Labute approximate surface area is 210 Å². The third kappa shape index (κ3) is 7.50. The summed E-state index contributed by atoms with van der Waals surface area (Å²) in [6, 6.07) is 14.8. The maximum atomic E-state index is 12.4. The standard InChI is InChI=1S/C26H36N4O.HI/c1-5-27-26(29-17-24-20(3)13-19(2)14-21(24)4)28-16-23-15-25(31)30(18-23)12-11-22-9-7-6-8-10-22;/h6-10,13-14,23H,5,11-12,15-18H2,1-4H3,(H2,27,28,29);1H. The van der Waals surface area contributed by atoms with E-state index in [0.717, 1.165) is 38.6 Å². The van der Waals surface area contributed by atoms with Gasteiger partial charge in [0.2, 0.25) is 5.91 Å². The number of amides is 1. The molecule has 1 heterocycles. The number of benzene rings is 2. The molecule has 1 aliphatic rings. The highest BCUT2D eigenvalue weighted by Gasteiger charge is 2.29. The highest BCUT2D eigenvalue weighted by Crippen LogP contribution is 2.19. The normalized spacial score (nSPS) is 16.1. The van der Waals surface area contributed by atoms with E-state index < -0.39 is 0 Å². The minimum atomic E-state index is 0. The van der Waals surface area contributed by atoms with E-state index in [1.807, 2.05) is 11.0 Å². The number of hydrogen-bond acceptors (Lipinski definition) is 2. The first kappa shape index (κ1) is 26.2. The van der Waals surface area contributed by atoms with Crippen molar-refractivity contribution >= 4 is 35.8 Å². The van der Waals surface area contributed by atoms with Crippen molar-refractivity contribution in [2.45, 2.75) is 47.1 Å². The number of hydrogen-bond donors (Lipinski definition) is 2. The second kappa shape index (κ2) is 12.8. The molecule has 2 aromatic rings. The van der Waals surface area contributed by atoms with Crippen LogP contribution in [0.4, 0.5) is 0 Å². The van der Waals surface area contributed by atoms with Gasteiger partial charge >= 0.3 is 0 Å². The Kier molecular flexibility index (Phi) is 10.5. The Morgan fingerprint density at radius 2 is 1.78 bits per heavy atom. The van der Waals surface area contributed by atoms with Crippen molar-refractivity contribution in [3.8, 4) is 0 Å². The predicted octanol–water partition coefficient (Wildman–Crippen LogP) is 4.38. The molecule has 3 rings (SSSR count). The first-order chi connectivity index (χ1) is 15.0. The minimum Gasteiger partial charge on any atom is -0.357 e. The molecule has 1 amide bonds. The van der Waals surface area contributed by atoms with Crippen LogP contribution in [0.1, 0.15) is 41.2 Å². The highest BCUT2D eigenvalue weighted by atomic mass is 127. The van der Waals surface area contributed by atoms with Crippen LogP contribution in [-0.2, 0) is 17.8 Å². The molecule has 2 N–H and O–H groups in total. The molecule has 1 atom stereocenters. The van der Waals surface area contributed by atoms with Gasteiger partial charge in [-0.2, -0.15) is 0 Å². The number of carbonyl (C=O) groups is 1. The van der Waals surface area contributed by atoms with Crippen LogP contribution in [0.3, 0.4) is 0 Å². The van der Waals surface area contributed by atoms with Crippen molar-refractivity contribution in [2.75, 3.05) is 26.2 Å². The molecule has 0 radical (unpaired) electrons. The van der Waals surface area contributed by atoms with Crippen LogP contribution in [-0.4, -0.2) is 42.9 Å².